The van der Waals surface area contributed by atoms with E-state index in [1.807, 2.05) is 0 Å². The van der Waals surface area contributed by atoms with Gasteiger partial charge in [0.05, 0.1) is 35.7 Å². The van der Waals surface area contributed by atoms with Crippen LogP contribution in [0.15, 0.2) is 41.5 Å². The van der Waals surface area contributed by atoms with Crippen molar-refractivity contribution in [3.8, 4) is 0 Å². The molecule has 1 heterocycles. The molecular weight excluding hydrogens is 508 g/mol. The van der Waals surface area contributed by atoms with E-state index in [1.54, 1.807) is 39.0 Å². The van der Waals surface area contributed by atoms with Gasteiger partial charge in [-0.1, -0.05) is 32.0 Å². The van der Waals surface area contributed by atoms with Gasteiger partial charge in [-0.15, -0.1) is 0 Å². The van der Waals surface area contributed by atoms with E-state index in [9.17, 15) is 34.8 Å². The summed E-state index contributed by atoms with van der Waals surface area (Å²) in [7, 11) is 0. The van der Waals surface area contributed by atoms with E-state index < -0.39 is 76.2 Å². The molecule has 9 atom stereocenters. The van der Waals surface area contributed by atoms with Gasteiger partial charge in [0.25, 0.3) is 0 Å². The van der Waals surface area contributed by atoms with E-state index in [-0.39, 0.29) is 30.6 Å². The first kappa shape index (κ1) is 27.9. The third-order valence-corrected chi connectivity index (χ3v) is 9.95. The SMILES string of the molecule is CC(=O)OC12CO[C@@H]1C[C@H](O)[C@@]1(C)C(=O)[C@H](O)C3=C(C)[C@H](O)C[C@@](O)([C@H](OC(=O)c4ccccc4)C21)C3(C)C. The van der Waals surface area contributed by atoms with Crippen LogP contribution >= 0.6 is 0 Å². The Morgan fingerprint density at radius 3 is 2.28 bits per heavy atom. The first-order valence-corrected chi connectivity index (χ1v) is 13.2. The third-order valence-electron chi connectivity index (χ3n) is 9.95. The Balaban J connectivity index is 1.81. The monoisotopic (exact) mass is 544 g/mol. The van der Waals surface area contributed by atoms with Crippen molar-refractivity contribution in [2.45, 2.75) is 89.2 Å². The predicted octanol–water partition coefficient (Wildman–Crippen LogP) is 1.08. The molecule has 1 aromatic rings. The lowest BCUT2D eigenvalue weighted by Gasteiger charge is -2.67. The van der Waals surface area contributed by atoms with Crippen LogP contribution in [0.5, 0.6) is 0 Å². The van der Waals surface area contributed by atoms with Crippen molar-refractivity contribution in [3.05, 3.63) is 47.0 Å². The molecule has 0 spiro atoms. The van der Waals surface area contributed by atoms with Crippen LogP contribution in [0.1, 0.15) is 57.8 Å². The van der Waals surface area contributed by atoms with Crippen LogP contribution in [0.2, 0.25) is 0 Å². The van der Waals surface area contributed by atoms with Gasteiger partial charge in [-0.05, 0) is 37.1 Å². The number of hydrogen-bond acceptors (Lipinski definition) is 10. The topological polar surface area (TPSA) is 160 Å². The fourth-order valence-electron chi connectivity index (χ4n) is 7.66. The highest BCUT2D eigenvalue weighted by atomic mass is 16.6. The summed E-state index contributed by atoms with van der Waals surface area (Å²) in [6, 6.07) is 8.08. The normalized spacial score (nSPS) is 42.7. The van der Waals surface area contributed by atoms with E-state index in [0.29, 0.717) is 5.57 Å². The second kappa shape index (κ2) is 8.94. The van der Waals surface area contributed by atoms with E-state index in [1.165, 1.54) is 26.0 Å². The number of carbonyl (C=O) groups excluding carboxylic acids is 3. The van der Waals surface area contributed by atoms with Crippen molar-refractivity contribution in [1.82, 2.24) is 0 Å². The Bertz CT molecular complexity index is 1240. The summed E-state index contributed by atoms with van der Waals surface area (Å²) in [5.74, 6) is -3.60. The lowest BCUT2D eigenvalue weighted by atomic mass is 9.44. The molecule has 10 nitrogen and oxygen atoms in total. The average molecular weight is 545 g/mol. The molecule has 2 bridgehead atoms. The molecule has 3 fully saturated rings. The van der Waals surface area contributed by atoms with Gasteiger partial charge in [-0.25, -0.2) is 4.79 Å². The Hall–Kier alpha value is -2.63. The predicted molar refractivity (Wildman–Crippen MR) is 135 cm³/mol. The van der Waals surface area contributed by atoms with E-state index in [2.05, 4.69) is 0 Å². The number of ether oxygens (including phenoxy) is 3. The van der Waals surface area contributed by atoms with Crippen LogP contribution in [0.25, 0.3) is 0 Å². The van der Waals surface area contributed by atoms with Crippen molar-refractivity contribution < 1.29 is 49.0 Å². The van der Waals surface area contributed by atoms with Crippen LogP contribution in [0, 0.1) is 16.7 Å². The fraction of sp³-hybridized carbons (Fsp3) is 0.621. The zero-order valence-electron chi connectivity index (χ0n) is 22.7. The molecule has 2 unspecified atom stereocenters. The van der Waals surface area contributed by atoms with Gasteiger partial charge in [0.1, 0.15) is 23.9 Å². The first-order valence-electron chi connectivity index (χ1n) is 13.2. The van der Waals surface area contributed by atoms with Crippen LogP contribution in [0.3, 0.4) is 0 Å². The molecule has 3 aliphatic carbocycles. The zero-order valence-corrected chi connectivity index (χ0v) is 22.7. The van der Waals surface area contributed by atoms with E-state index >= 15 is 0 Å². The number of esters is 2. The fourth-order valence-corrected chi connectivity index (χ4v) is 7.66. The molecular formula is C29H36O10. The van der Waals surface area contributed by atoms with Gasteiger partial charge in [-0.3, -0.25) is 9.59 Å². The van der Waals surface area contributed by atoms with Crippen LogP contribution in [0.4, 0.5) is 0 Å². The maximum Gasteiger partial charge on any atom is 0.338 e. The van der Waals surface area contributed by atoms with Gasteiger partial charge >= 0.3 is 11.9 Å². The van der Waals surface area contributed by atoms with Gasteiger partial charge in [-0.2, -0.15) is 0 Å². The molecule has 1 saturated heterocycles. The molecule has 0 radical (unpaired) electrons. The smallest absolute Gasteiger partial charge is 0.338 e. The summed E-state index contributed by atoms with van der Waals surface area (Å²) in [4.78, 5) is 40.3. The molecule has 10 heteroatoms. The lowest BCUT2D eigenvalue weighted by molar-refractivity contribution is -0.345. The number of fused-ring (bicyclic) bond motifs is 5. The molecule has 212 valence electrons. The zero-order chi connectivity index (χ0) is 28.7. The highest BCUT2D eigenvalue weighted by molar-refractivity contribution is 5.94. The largest absolute Gasteiger partial charge is 0.455 e. The number of benzene rings is 1. The van der Waals surface area contributed by atoms with Crippen molar-refractivity contribution in [2.75, 3.05) is 6.61 Å². The molecule has 0 aromatic heterocycles. The third kappa shape index (κ3) is 3.62. The van der Waals surface area contributed by atoms with Crippen LogP contribution in [-0.2, 0) is 23.8 Å². The van der Waals surface area contributed by atoms with Crippen molar-refractivity contribution >= 4 is 17.7 Å². The molecule has 5 rings (SSSR count). The first-order chi connectivity index (χ1) is 18.1. The van der Waals surface area contributed by atoms with Gasteiger partial charge in [0.15, 0.2) is 11.4 Å². The Morgan fingerprint density at radius 2 is 1.72 bits per heavy atom. The minimum Gasteiger partial charge on any atom is -0.455 e. The van der Waals surface area contributed by atoms with Crippen LogP contribution in [-0.4, -0.2) is 86.5 Å². The minimum absolute atomic E-state index is 0.0828. The summed E-state index contributed by atoms with van der Waals surface area (Å²) in [6.07, 6.45) is -7.26. The van der Waals surface area contributed by atoms with E-state index in [0.717, 1.165) is 0 Å². The number of carbonyl (C=O) groups is 3. The summed E-state index contributed by atoms with van der Waals surface area (Å²) in [6.45, 7) is 7.29. The number of aliphatic hydroxyl groups excluding tert-OH is 3. The Kier molecular flexibility index (Phi) is 6.40. The molecule has 39 heavy (non-hydrogen) atoms. The maximum atomic E-state index is 14.3. The summed E-state index contributed by atoms with van der Waals surface area (Å²) in [5.41, 5.74) is -6.24. The van der Waals surface area contributed by atoms with Crippen molar-refractivity contribution in [2.24, 2.45) is 16.7 Å². The summed E-state index contributed by atoms with van der Waals surface area (Å²) in [5, 5.41) is 46.7. The molecule has 1 aromatic carbocycles. The minimum atomic E-state index is -2.07. The second-order valence-electron chi connectivity index (χ2n) is 12.2. The highest BCUT2D eigenvalue weighted by Gasteiger charge is 2.77. The van der Waals surface area contributed by atoms with E-state index in [4.69, 9.17) is 14.2 Å². The number of aliphatic hydroxyl groups is 4. The quantitative estimate of drug-likeness (QED) is 0.320. The van der Waals surface area contributed by atoms with Crippen molar-refractivity contribution in [1.29, 1.82) is 0 Å². The Morgan fingerprint density at radius 1 is 1.08 bits per heavy atom. The maximum absolute atomic E-state index is 14.3. The summed E-state index contributed by atoms with van der Waals surface area (Å²) >= 11 is 0. The molecule has 4 aliphatic rings. The van der Waals surface area contributed by atoms with Gasteiger partial charge < -0.3 is 34.6 Å². The second-order valence-corrected chi connectivity index (χ2v) is 12.2. The number of Topliss-reactive ketones (excluding diaryl/α,β-unsaturated/α-hetero) is 1. The van der Waals surface area contributed by atoms with Gasteiger partial charge in [0, 0.05) is 25.2 Å². The summed E-state index contributed by atoms with van der Waals surface area (Å²) < 4.78 is 17.7. The molecule has 4 N–H and O–H groups in total. The number of rotatable bonds is 3. The lowest BCUT2D eigenvalue weighted by Crippen LogP contribution is -2.81. The molecule has 0 amide bonds. The number of hydrogen-bond donors (Lipinski definition) is 4. The number of ketones is 1. The highest BCUT2D eigenvalue weighted by Crippen LogP contribution is 2.63. The molecule has 2 saturated carbocycles. The molecule has 1 aliphatic heterocycles. The standard InChI is InChI=1S/C29H36O10/c1-14-17(31)12-29(36)24(38-25(35)16-9-7-6-8-10-16)22-27(5,23(34)21(33)20(14)26(29,3)4)18(32)11-19-28(22,13-37-19)39-15(2)30/h6-10,17-19,21-22,24,31-33,36H,11-13H2,1-5H3/t17-,18+,19-,21-,22?,24-,27-,28?,29-/m1/s1. The van der Waals surface area contributed by atoms with Crippen LogP contribution < -0.4 is 0 Å². The Labute approximate surface area is 226 Å². The van der Waals surface area contributed by atoms with Crippen molar-refractivity contribution in [3.63, 3.8) is 0 Å². The van der Waals surface area contributed by atoms with Gasteiger partial charge in [0.2, 0.25) is 0 Å². The average Bonchev–Trinajstić information content (AvgIpc) is 2.87.